The molecule has 0 bridgehead atoms. The average Bonchev–Trinajstić information content (AvgIpc) is 2.55. The summed E-state index contributed by atoms with van der Waals surface area (Å²) in [5.74, 6) is 0.286. The Hall–Kier alpha value is -2.11. The lowest BCUT2D eigenvalue weighted by Crippen LogP contribution is -2.57. The highest BCUT2D eigenvalue weighted by Crippen LogP contribution is 2.20. The van der Waals surface area contributed by atoms with Crippen LogP contribution in [0.1, 0.15) is 36.5 Å². The van der Waals surface area contributed by atoms with Crippen molar-refractivity contribution in [2.45, 2.75) is 32.2 Å². The van der Waals surface area contributed by atoms with Crippen LogP contribution in [0.3, 0.4) is 0 Å². The number of carbonyl (C=O) groups is 2. The lowest BCUT2D eigenvalue weighted by molar-refractivity contribution is -0.138. The summed E-state index contributed by atoms with van der Waals surface area (Å²) in [4.78, 5) is 32.6. The zero-order valence-corrected chi connectivity index (χ0v) is 13.4. The van der Waals surface area contributed by atoms with Gasteiger partial charge >= 0.3 is 0 Å². The van der Waals surface area contributed by atoms with Crippen LogP contribution in [0, 0.1) is 0 Å². The second-order valence-corrected chi connectivity index (χ2v) is 5.50. The molecule has 0 aromatic carbocycles. The quantitative estimate of drug-likeness (QED) is 0.828. The Labute approximate surface area is 131 Å². The van der Waals surface area contributed by atoms with E-state index in [1.807, 2.05) is 0 Å². The van der Waals surface area contributed by atoms with Crippen LogP contribution in [0.15, 0.2) is 18.3 Å². The fourth-order valence-electron chi connectivity index (χ4n) is 2.65. The number of carbonyl (C=O) groups excluding carboxylic acids is 2. The molecule has 0 unspecified atom stereocenters. The van der Waals surface area contributed by atoms with Crippen molar-refractivity contribution in [2.75, 3.05) is 27.2 Å². The Kier molecular flexibility index (Phi) is 5.35. The summed E-state index contributed by atoms with van der Waals surface area (Å²) in [6, 6.07) is 2.90. The molecule has 0 aliphatic carbocycles. The number of hydrogen-bond acceptors (Lipinski definition) is 4. The number of pyridine rings is 1. The van der Waals surface area contributed by atoms with Crippen molar-refractivity contribution in [2.24, 2.45) is 0 Å². The molecule has 6 nitrogen and oxygen atoms in total. The maximum Gasteiger partial charge on any atom is 0.254 e. The fraction of sp³-hybridized carbons (Fsp3) is 0.562. The number of likely N-dealkylation sites (N-methyl/N-ethyl adjacent to an activating group) is 1. The standard InChI is InChI=1S/C16H23N3O3/c1-4-5-6-13-16(21)18(2)9-10-19(13)15(20)12-7-8-17-14(11-12)22-3/h7-8,11,13H,4-6,9-10H2,1-3H3/t13-/m0/s1. The SMILES string of the molecule is CCCC[C@H]1C(=O)N(C)CCN1C(=O)c1ccnc(OC)c1. The van der Waals surface area contributed by atoms with Gasteiger partial charge in [-0.25, -0.2) is 4.98 Å². The van der Waals surface area contributed by atoms with Gasteiger partial charge in [-0.2, -0.15) is 0 Å². The highest BCUT2D eigenvalue weighted by molar-refractivity contribution is 5.98. The molecule has 0 radical (unpaired) electrons. The van der Waals surface area contributed by atoms with Gasteiger partial charge in [-0.3, -0.25) is 9.59 Å². The molecular formula is C16H23N3O3. The topological polar surface area (TPSA) is 62.7 Å². The zero-order valence-electron chi connectivity index (χ0n) is 13.4. The molecular weight excluding hydrogens is 282 g/mol. The van der Waals surface area contributed by atoms with Crippen LogP contribution < -0.4 is 4.74 Å². The van der Waals surface area contributed by atoms with Crippen LogP contribution in [0.2, 0.25) is 0 Å². The van der Waals surface area contributed by atoms with Gasteiger partial charge in [0.05, 0.1) is 7.11 Å². The summed E-state index contributed by atoms with van der Waals surface area (Å²) in [6.07, 6.45) is 4.17. The van der Waals surface area contributed by atoms with Crippen LogP contribution in [-0.4, -0.2) is 59.9 Å². The second-order valence-electron chi connectivity index (χ2n) is 5.50. The van der Waals surface area contributed by atoms with Crippen LogP contribution in [-0.2, 0) is 4.79 Å². The Morgan fingerprint density at radius 1 is 1.45 bits per heavy atom. The number of amides is 2. The molecule has 1 saturated heterocycles. The second kappa shape index (κ2) is 7.24. The third kappa shape index (κ3) is 3.37. The minimum Gasteiger partial charge on any atom is -0.481 e. The number of rotatable bonds is 5. The molecule has 2 amide bonds. The summed E-state index contributed by atoms with van der Waals surface area (Å²) in [7, 11) is 3.30. The van der Waals surface area contributed by atoms with Gasteiger partial charge in [0.1, 0.15) is 6.04 Å². The molecule has 1 aliphatic rings. The summed E-state index contributed by atoms with van der Waals surface area (Å²) >= 11 is 0. The van der Waals surface area contributed by atoms with Crippen molar-refractivity contribution in [3.63, 3.8) is 0 Å². The van der Waals surface area contributed by atoms with Gasteiger partial charge in [-0.15, -0.1) is 0 Å². The van der Waals surface area contributed by atoms with E-state index >= 15 is 0 Å². The maximum absolute atomic E-state index is 12.8. The van der Waals surface area contributed by atoms with Crippen molar-refractivity contribution in [3.8, 4) is 5.88 Å². The molecule has 1 atom stereocenters. The monoisotopic (exact) mass is 305 g/mol. The van der Waals surface area contributed by atoms with Crippen molar-refractivity contribution in [1.29, 1.82) is 0 Å². The van der Waals surface area contributed by atoms with E-state index in [2.05, 4.69) is 11.9 Å². The molecule has 0 N–H and O–H groups in total. The first-order chi connectivity index (χ1) is 10.6. The maximum atomic E-state index is 12.8. The minimum absolute atomic E-state index is 0.0223. The summed E-state index contributed by atoms with van der Waals surface area (Å²) in [5, 5.41) is 0. The molecule has 1 fully saturated rings. The molecule has 6 heteroatoms. The van der Waals surface area contributed by atoms with Gasteiger partial charge in [-0.05, 0) is 12.5 Å². The summed E-state index contributed by atoms with van der Waals surface area (Å²) in [6.45, 7) is 3.20. The van der Waals surface area contributed by atoms with Crippen molar-refractivity contribution in [3.05, 3.63) is 23.9 Å². The van der Waals surface area contributed by atoms with Gasteiger partial charge in [0, 0.05) is 38.0 Å². The van der Waals surface area contributed by atoms with E-state index in [4.69, 9.17) is 4.74 Å². The predicted octanol–water partition coefficient (Wildman–Crippen LogP) is 1.56. The lowest BCUT2D eigenvalue weighted by atomic mass is 10.0. The molecule has 22 heavy (non-hydrogen) atoms. The van der Waals surface area contributed by atoms with Crippen molar-refractivity contribution >= 4 is 11.8 Å². The van der Waals surface area contributed by atoms with E-state index in [0.717, 1.165) is 12.8 Å². The lowest BCUT2D eigenvalue weighted by Gasteiger charge is -2.39. The average molecular weight is 305 g/mol. The first-order valence-corrected chi connectivity index (χ1v) is 7.64. The van der Waals surface area contributed by atoms with Gasteiger partial charge in [0.25, 0.3) is 5.91 Å². The Bertz CT molecular complexity index is 547. The number of aromatic nitrogens is 1. The number of methoxy groups -OCH3 is 1. The molecule has 2 heterocycles. The third-order valence-electron chi connectivity index (χ3n) is 4.00. The first-order valence-electron chi connectivity index (χ1n) is 7.64. The fourth-order valence-corrected chi connectivity index (χ4v) is 2.65. The number of piperazine rings is 1. The zero-order chi connectivity index (χ0) is 16.1. The molecule has 1 aromatic rings. The normalized spacial score (nSPS) is 18.5. The minimum atomic E-state index is -0.370. The molecule has 0 spiro atoms. The number of unbranched alkanes of at least 4 members (excludes halogenated alkanes) is 1. The van der Waals surface area contributed by atoms with E-state index < -0.39 is 0 Å². The summed E-state index contributed by atoms with van der Waals surface area (Å²) in [5.41, 5.74) is 0.505. The van der Waals surface area contributed by atoms with Crippen molar-refractivity contribution < 1.29 is 14.3 Å². The Morgan fingerprint density at radius 2 is 2.23 bits per heavy atom. The Morgan fingerprint density at radius 3 is 2.91 bits per heavy atom. The Balaban J connectivity index is 2.22. The molecule has 2 rings (SSSR count). The van der Waals surface area contributed by atoms with E-state index in [1.54, 1.807) is 35.2 Å². The number of nitrogens with zero attached hydrogens (tertiary/aromatic N) is 3. The summed E-state index contributed by atoms with van der Waals surface area (Å²) < 4.78 is 5.07. The molecule has 1 aromatic heterocycles. The van der Waals surface area contributed by atoms with Gasteiger partial charge in [-0.1, -0.05) is 19.8 Å². The van der Waals surface area contributed by atoms with Crippen LogP contribution in [0.5, 0.6) is 5.88 Å². The van der Waals surface area contributed by atoms with Gasteiger partial charge in [0.2, 0.25) is 11.8 Å². The molecule has 120 valence electrons. The highest BCUT2D eigenvalue weighted by Gasteiger charge is 2.35. The van der Waals surface area contributed by atoms with E-state index in [1.165, 1.54) is 7.11 Å². The number of hydrogen-bond donors (Lipinski definition) is 0. The predicted molar refractivity (Wildman–Crippen MR) is 82.8 cm³/mol. The van der Waals surface area contributed by atoms with Gasteiger partial charge in [0.15, 0.2) is 0 Å². The first kappa shape index (κ1) is 16.3. The number of ether oxygens (including phenoxy) is 1. The van der Waals surface area contributed by atoms with Crippen molar-refractivity contribution in [1.82, 2.24) is 14.8 Å². The van der Waals surface area contributed by atoms with Crippen LogP contribution >= 0.6 is 0 Å². The largest absolute Gasteiger partial charge is 0.481 e. The molecule has 0 saturated carbocycles. The van der Waals surface area contributed by atoms with E-state index in [9.17, 15) is 9.59 Å². The molecule has 1 aliphatic heterocycles. The van der Waals surface area contributed by atoms with E-state index in [0.29, 0.717) is 31.0 Å². The van der Waals surface area contributed by atoms with Crippen LogP contribution in [0.4, 0.5) is 0 Å². The van der Waals surface area contributed by atoms with Crippen LogP contribution in [0.25, 0.3) is 0 Å². The van der Waals surface area contributed by atoms with Gasteiger partial charge < -0.3 is 14.5 Å². The third-order valence-corrected chi connectivity index (χ3v) is 4.00. The highest BCUT2D eigenvalue weighted by atomic mass is 16.5. The van der Waals surface area contributed by atoms with E-state index in [-0.39, 0.29) is 17.9 Å². The smallest absolute Gasteiger partial charge is 0.254 e.